The molecule has 2 rings (SSSR count). The van der Waals surface area contributed by atoms with Crippen LogP contribution in [-0.4, -0.2) is 16.1 Å². The molecule has 2 aromatic heterocycles. The van der Waals surface area contributed by atoms with Crippen LogP contribution in [0, 0.1) is 20.8 Å². The van der Waals surface area contributed by atoms with Crippen molar-refractivity contribution in [3.05, 3.63) is 28.0 Å². The van der Waals surface area contributed by atoms with Crippen LogP contribution in [0.5, 0.6) is 0 Å². The van der Waals surface area contributed by atoms with Crippen molar-refractivity contribution in [1.29, 1.82) is 0 Å². The smallest absolute Gasteiger partial charge is 0.373 e. The summed E-state index contributed by atoms with van der Waals surface area (Å²) in [6.07, 6.45) is 0. The SMILES string of the molecule is Cc1cc(-c2nc(C)c(C(=O)O)o2)sc1C. The van der Waals surface area contributed by atoms with E-state index < -0.39 is 5.97 Å². The summed E-state index contributed by atoms with van der Waals surface area (Å²) in [6, 6.07) is 1.96. The summed E-state index contributed by atoms with van der Waals surface area (Å²) >= 11 is 1.55. The highest BCUT2D eigenvalue weighted by atomic mass is 32.1. The number of carboxylic acids is 1. The van der Waals surface area contributed by atoms with Gasteiger partial charge in [0.1, 0.15) is 0 Å². The Bertz CT molecular complexity index is 534. The third-order valence-corrected chi connectivity index (χ3v) is 3.51. The van der Waals surface area contributed by atoms with Gasteiger partial charge >= 0.3 is 5.97 Å². The van der Waals surface area contributed by atoms with Crippen molar-refractivity contribution in [1.82, 2.24) is 4.98 Å². The number of hydrogen-bond donors (Lipinski definition) is 1. The molecule has 2 heterocycles. The fraction of sp³-hybridized carbons (Fsp3) is 0.273. The van der Waals surface area contributed by atoms with Crippen LogP contribution < -0.4 is 0 Å². The second-order valence-corrected chi connectivity index (χ2v) is 4.84. The minimum absolute atomic E-state index is 0.0845. The second kappa shape index (κ2) is 3.75. The van der Waals surface area contributed by atoms with Crippen LogP contribution in [0.4, 0.5) is 0 Å². The molecule has 1 N–H and O–H groups in total. The Labute approximate surface area is 96.6 Å². The highest BCUT2D eigenvalue weighted by Gasteiger charge is 2.18. The molecular formula is C11H11NO3S. The van der Waals surface area contributed by atoms with Crippen molar-refractivity contribution in [3.63, 3.8) is 0 Å². The lowest BCUT2D eigenvalue weighted by atomic mass is 10.3. The van der Waals surface area contributed by atoms with Crippen LogP contribution in [0.25, 0.3) is 10.8 Å². The number of thiophene rings is 1. The lowest BCUT2D eigenvalue weighted by Gasteiger charge is -1.87. The first-order valence-electron chi connectivity index (χ1n) is 4.77. The molecular weight excluding hydrogens is 226 g/mol. The molecule has 5 heteroatoms. The Kier molecular flexibility index (Phi) is 2.55. The summed E-state index contributed by atoms with van der Waals surface area (Å²) in [5.74, 6) is -0.781. The van der Waals surface area contributed by atoms with E-state index in [4.69, 9.17) is 9.52 Å². The maximum Gasteiger partial charge on any atom is 0.373 e. The fourth-order valence-corrected chi connectivity index (χ4v) is 2.34. The van der Waals surface area contributed by atoms with Crippen molar-refractivity contribution in [2.24, 2.45) is 0 Å². The molecule has 0 atom stereocenters. The molecule has 0 radical (unpaired) electrons. The van der Waals surface area contributed by atoms with E-state index in [1.807, 2.05) is 19.9 Å². The van der Waals surface area contributed by atoms with Crippen LogP contribution >= 0.6 is 11.3 Å². The lowest BCUT2D eigenvalue weighted by Crippen LogP contribution is -1.95. The molecule has 0 saturated carbocycles. The van der Waals surface area contributed by atoms with Crippen molar-refractivity contribution in [2.45, 2.75) is 20.8 Å². The van der Waals surface area contributed by atoms with E-state index in [-0.39, 0.29) is 5.76 Å². The highest BCUT2D eigenvalue weighted by molar-refractivity contribution is 7.15. The Morgan fingerprint density at radius 1 is 1.44 bits per heavy atom. The van der Waals surface area contributed by atoms with Crippen molar-refractivity contribution in [3.8, 4) is 10.8 Å². The molecule has 0 aliphatic heterocycles. The van der Waals surface area contributed by atoms with E-state index in [9.17, 15) is 4.79 Å². The third-order valence-electron chi connectivity index (χ3n) is 2.37. The van der Waals surface area contributed by atoms with E-state index in [0.29, 0.717) is 11.6 Å². The zero-order valence-electron chi connectivity index (χ0n) is 9.20. The summed E-state index contributed by atoms with van der Waals surface area (Å²) in [5, 5.41) is 8.86. The summed E-state index contributed by atoms with van der Waals surface area (Å²) in [6.45, 7) is 5.64. The van der Waals surface area contributed by atoms with E-state index in [1.165, 1.54) is 4.88 Å². The summed E-state index contributed by atoms with van der Waals surface area (Å²) in [4.78, 5) is 17.0. The number of carbonyl (C=O) groups is 1. The minimum Gasteiger partial charge on any atom is -0.475 e. The number of oxazole rings is 1. The predicted molar refractivity (Wildman–Crippen MR) is 61.0 cm³/mol. The molecule has 0 aliphatic rings. The summed E-state index contributed by atoms with van der Waals surface area (Å²) in [7, 11) is 0. The standard InChI is InChI=1S/C11H11NO3S/c1-5-4-8(16-7(5)3)10-12-6(2)9(15-10)11(13)14/h4H,1-3H3,(H,13,14). The van der Waals surface area contributed by atoms with E-state index >= 15 is 0 Å². The van der Waals surface area contributed by atoms with Gasteiger partial charge in [-0.05, 0) is 32.4 Å². The van der Waals surface area contributed by atoms with Gasteiger partial charge in [0, 0.05) is 4.88 Å². The van der Waals surface area contributed by atoms with Gasteiger partial charge in [0.25, 0.3) is 0 Å². The monoisotopic (exact) mass is 237 g/mol. The van der Waals surface area contributed by atoms with Gasteiger partial charge in [-0.15, -0.1) is 11.3 Å². The van der Waals surface area contributed by atoms with Crippen LogP contribution in [-0.2, 0) is 0 Å². The molecule has 0 saturated heterocycles. The van der Waals surface area contributed by atoms with Gasteiger partial charge in [0.05, 0.1) is 10.6 Å². The number of aromatic nitrogens is 1. The third kappa shape index (κ3) is 1.74. The molecule has 2 aromatic rings. The molecule has 0 unspecified atom stereocenters. The Balaban J connectivity index is 2.49. The van der Waals surface area contributed by atoms with Crippen LogP contribution in [0.2, 0.25) is 0 Å². The van der Waals surface area contributed by atoms with Gasteiger partial charge in [-0.25, -0.2) is 9.78 Å². The van der Waals surface area contributed by atoms with Crippen LogP contribution in [0.1, 0.15) is 26.7 Å². The predicted octanol–water partition coefficient (Wildman–Crippen LogP) is 3.03. The number of rotatable bonds is 2. The fourth-order valence-electron chi connectivity index (χ4n) is 1.38. The first-order valence-corrected chi connectivity index (χ1v) is 5.59. The average molecular weight is 237 g/mol. The van der Waals surface area contributed by atoms with E-state index in [2.05, 4.69) is 4.98 Å². The van der Waals surface area contributed by atoms with Crippen molar-refractivity contribution < 1.29 is 14.3 Å². The van der Waals surface area contributed by atoms with E-state index in [1.54, 1.807) is 18.3 Å². The lowest BCUT2D eigenvalue weighted by molar-refractivity contribution is 0.0662. The number of carboxylic acid groups (broad SMARTS) is 1. The maximum absolute atomic E-state index is 10.8. The molecule has 0 aliphatic carbocycles. The number of nitrogens with zero attached hydrogens (tertiary/aromatic N) is 1. The average Bonchev–Trinajstić information content (AvgIpc) is 2.71. The van der Waals surface area contributed by atoms with Gasteiger partial charge in [-0.2, -0.15) is 0 Å². The molecule has 0 spiro atoms. The van der Waals surface area contributed by atoms with Gasteiger partial charge in [-0.3, -0.25) is 0 Å². The van der Waals surface area contributed by atoms with Gasteiger partial charge in [-0.1, -0.05) is 0 Å². The molecule has 0 fully saturated rings. The van der Waals surface area contributed by atoms with Crippen LogP contribution in [0.15, 0.2) is 10.5 Å². The Hall–Kier alpha value is -1.62. The summed E-state index contributed by atoms with van der Waals surface area (Å²) in [5.41, 5.74) is 1.57. The molecule has 0 bridgehead atoms. The van der Waals surface area contributed by atoms with Gasteiger partial charge in [0.2, 0.25) is 11.7 Å². The zero-order chi connectivity index (χ0) is 11.9. The maximum atomic E-state index is 10.8. The van der Waals surface area contributed by atoms with Gasteiger partial charge in [0.15, 0.2) is 0 Å². The topological polar surface area (TPSA) is 63.3 Å². The first kappa shape index (κ1) is 10.9. The number of aromatic carboxylic acids is 1. The van der Waals surface area contributed by atoms with Gasteiger partial charge < -0.3 is 9.52 Å². The molecule has 0 amide bonds. The first-order chi connectivity index (χ1) is 7.49. The molecule has 84 valence electrons. The second-order valence-electron chi connectivity index (χ2n) is 3.59. The summed E-state index contributed by atoms with van der Waals surface area (Å²) < 4.78 is 5.23. The quantitative estimate of drug-likeness (QED) is 0.872. The molecule has 4 nitrogen and oxygen atoms in total. The molecule has 16 heavy (non-hydrogen) atoms. The normalized spacial score (nSPS) is 10.7. The Morgan fingerprint density at radius 2 is 2.12 bits per heavy atom. The van der Waals surface area contributed by atoms with Crippen LogP contribution in [0.3, 0.4) is 0 Å². The number of aryl methyl sites for hydroxylation is 3. The highest BCUT2D eigenvalue weighted by Crippen LogP contribution is 2.31. The minimum atomic E-state index is -1.08. The molecule has 0 aromatic carbocycles. The van der Waals surface area contributed by atoms with Crippen molar-refractivity contribution in [2.75, 3.05) is 0 Å². The number of hydrogen-bond acceptors (Lipinski definition) is 4. The largest absolute Gasteiger partial charge is 0.475 e. The Morgan fingerprint density at radius 3 is 2.56 bits per heavy atom. The van der Waals surface area contributed by atoms with Crippen molar-refractivity contribution >= 4 is 17.3 Å². The van der Waals surface area contributed by atoms with E-state index in [0.717, 1.165) is 10.4 Å². The zero-order valence-corrected chi connectivity index (χ0v) is 10.0.